The van der Waals surface area contributed by atoms with Crippen LogP contribution in [0.5, 0.6) is 5.75 Å². The van der Waals surface area contributed by atoms with Gasteiger partial charge in [-0.15, -0.1) is 5.10 Å². The van der Waals surface area contributed by atoms with Crippen molar-refractivity contribution < 1.29 is 14.3 Å². The first-order valence-electron chi connectivity index (χ1n) is 9.76. The van der Waals surface area contributed by atoms with Gasteiger partial charge in [-0.05, 0) is 49.1 Å². The lowest BCUT2D eigenvalue weighted by molar-refractivity contribution is -0.122. The Morgan fingerprint density at radius 1 is 1.17 bits per heavy atom. The lowest BCUT2D eigenvalue weighted by Crippen LogP contribution is -2.28. The molecule has 2 aromatic carbocycles. The van der Waals surface area contributed by atoms with Crippen molar-refractivity contribution in [2.24, 2.45) is 10.2 Å². The smallest absolute Gasteiger partial charge is 0.240 e. The Bertz CT molecular complexity index is 1020. The van der Waals surface area contributed by atoms with Gasteiger partial charge in [0, 0.05) is 17.7 Å². The van der Waals surface area contributed by atoms with E-state index in [1.165, 1.54) is 17.3 Å². The summed E-state index contributed by atoms with van der Waals surface area (Å²) in [6, 6.07) is 15.2. The second-order valence-corrected chi connectivity index (χ2v) is 8.23. The summed E-state index contributed by atoms with van der Waals surface area (Å²) in [5, 5.41) is 14.1. The Hall–Kier alpha value is -3.13. The maximum absolute atomic E-state index is 12.3. The van der Waals surface area contributed by atoms with Crippen LogP contribution in [0.2, 0.25) is 0 Å². The van der Waals surface area contributed by atoms with E-state index in [1.54, 1.807) is 31.4 Å². The third-order valence-corrected chi connectivity index (χ3v) is 6.04. The topological polar surface area (TPSA) is 92.2 Å². The minimum Gasteiger partial charge on any atom is -0.497 e. The van der Waals surface area contributed by atoms with E-state index in [9.17, 15) is 9.59 Å². The van der Waals surface area contributed by atoms with Gasteiger partial charge in [-0.25, -0.2) is 0 Å². The fourth-order valence-corrected chi connectivity index (χ4v) is 4.37. The standard InChI is InChI=1S/C22H22N4O3S/c1-29-16-11-9-15(10-12-16)23-20(27)13-19-21(28)24-22(30-19)26-25-18-8-4-6-14-5-2-3-7-17(14)18/h2-3,5,7,9-12,19H,4,6,8,13H2,1H3,(H,23,27)(H,24,26,28)/t19-/m0/s1. The molecule has 1 heterocycles. The fourth-order valence-electron chi connectivity index (χ4n) is 3.45. The lowest BCUT2D eigenvalue weighted by Gasteiger charge is -2.16. The average molecular weight is 423 g/mol. The van der Waals surface area contributed by atoms with Crippen LogP contribution in [-0.4, -0.2) is 35.1 Å². The first-order valence-corrected chi connectivity index (χ1v) is 10.6. The van der Waals surface area contributed by atoms with Crippen LogP contribution in [0.25, 0.3) is 0 Å². The van der Waals surface area contributed by atoms with E-state index in [0.717, 1.165) is 30.5 Å². The van der Waals surface area contributed by atoms with E-state index in [1.807, 2.05) is 12.1 Å². The van der Waals surface area contributed by atoms with Crippen LogP contribution in [0.15, 0.2) is 58.7 Å². The van der Waals surface area contributed by atoms with Gasteiger partial charge in [0.2, 0.25) is 11.8 Å². The molecule has 2 aromatic rings. The molecule has 2 aliphatic rings. The zero-order valence-corrected chi connectivity index (χ0v) is 17.4. The highest BCUT2D eigenvalue weighted by Gasteiger charge is 2.32. The molecular weight excluding hydrogens is 400 g/mol. The number of nitrogens with zero attached hydrogens (tertiary/aromatic N) is 2. The predicted octanol–water partition coefficient (Wildman–Crippen LogP) is 3.35. The van der Waals surface area contributed by atoms with Gasteiger partial charge in [0.15, 0.2) is 5.17 Å². The number of fused-ring (bicyclic) bond motifs is 1. The van der Waals surface area contributed by atoms with Crippen LogP contribution in [-0.2, 0) is 16.0 Å². The van der Waals surface area contributed by atoms with Crippen LogP contribution in [0.3, 0.4) is 0 Å². The first-order chi connectivity index (χ1) is 14.6. The number of anilines is 1. The minimum absolute atomic E-state index is 0.0565. The van der Waals surface area contributed by atoms with Crippen LogP contribution < -0.4 is 15.4 Å². The lowest BCUT2D eigenvalue weighted by atomic mass is 9.90. The maximum Gasteiger partial charge on any atom is 0.240 e. The molecule has 0 spiro atoms. The molecule has 2 amide bonds. The van der Waals surface area contributed by atoms with E-state index in [0.29, 0.717) is 16.6 Å². The number of nitrogens with one attached hydrogen (secondary N) is 2. The van der Waals surface area contributed by atoms with Gasteiger partial charge in [0.1, 0.15) is 11.0 Å². The number of benzene rings is 2. The molecule has 4 rings (SSSR count). The number of thioether (sulfide) groups is 1. The fraction of sp³-hybridized carbons (Fsp3) is 0.273. The summed E-state index contributed by atoms with van der Waals surface area (Å²) in [5.74, 6) is 0.247. The zero-order chi connectivity index (χ0) is 20.9. The molecule has 1 aliphatic heterocycles. The van der Waals surface area contributed by atoms with Gasteiger partial charge >= 0.3 is 0 Å². The summed E-state index contributed by atoms with van der Waals surface area (Å²) in [6.07, 6.45) is 3.00. The summed E-state index contributed by atoms with van der Waals surface area (Å²) in [4.78, 5) is 24.6. The van der Waals surface area contributed by atoms with Gasteiger partial charge in [-0.3, -0.25) is 9.59 Å². The molecular formula is C22H22N4O3S. The summed E-state index contributed by atoms with van der Waals surface area (Å²) >= 11 is 1.24. The normalized spacial score (nSPS) is 20.7. The highest BCUT2D eigenvalue weighted by Crippen LogP contribution is 2.25. The van der Waals surface area contributed by atoms with Crippen molar-refractivity contribution in [1.29, 1.82) is 0 Å². The summed E-state index contributed by atoms with van der Waals surface area (Å²) < 4.78 is 5.10. The molecule has 1 saturated heterocycles. The Morgan fingerprint density at radius 3 is 2.77 bits per heavy atom. The summed E-state index contributed by atoms with van der Waals surface area (Å²) in [5.41, 5.74) is 3.98. The molecule has 1 fully saturated rings. The molecule has 0 radical (unpaired) electrons. The average Bonchev–Trinajstić information content (AvgIpc) is 3.11. The van der Waals surface area contributed by atoms with E-state index < -0.39 is 5.25 Å². The van der Waals surface area contributed by atoms with Crippen molar-refractivity contribution in [3.63, 3.8) is 0 Å². The summed E-state index contributed by atoms with van der Waals surface area (Å²) in [7, 11) is 1.58. The predicted molar refractivity (Wildman–Crippen MR) is 119 cm³/mol. The van der Waals surface area contributed by atoms with Crippen molar-refractivity contribution in [1.82, 2.24) is 5.32 Å². The van der Waals surface area contributed by atoms with Crippen LogP contribution >= 0.6 is 11.8 Å². The number of carbonyl (C=O) groups is 2. The van der Waals surface area contributed by atoms with Crippen LogP contribution in [0.4, 0.5) is 5.69 Å². The number of ether oxygens (including phenoxy) is 1. The summed E-state index contributed by atoms with van der Waals surface area (Å²) in [6.45, 7) is 0. The molecule has 1 aliphatic carbocycles. The molecule has 2 N–H and O–H groups in total. The molecule has 8 heteroatoms. The van der Waals surface area contributed by atoms with E-state index in [2.05, 4.69) is 33.0 Å². The largest absolute Gasteiger partial charge is 0.497 e. The van der Waals surface area contributed by atoms with Crippen molar-refractivity contribution in [2.75, 3.05) is 12.4 Å². The van der Waals surface area contributed by atoms with Gasteiger partial charge in [0.05, 0.1) is 12.8 Å². The maximum atomic E-state index is 12.3. The van der Waals surface area contributed by atoms with Gasteiger partial charge in [-0.2, -0.15) is 5.10 Å². The monoisotopic (exact) mass is 422 g/mol. The van der Waals surface area contributed by atoms with E-state index in [4.69, 9.17) is 4.74 Å². The molecule has 154 valence electrons. The third-order valence-electron chi connectivity index (χ3n) is 4.97. The molecule has 1 atom stereocenters. The number of methoxy groups -OCH3 is 1. The van der Waals surface area contributed by atoms with Gasteiger partial charge in [-0.1, -0.05) is 36.0 Å². The van der Waals surface area contributed by atoms with Crippen LogP contribution in [0.1, 0.15) is 30.4 Å². The molecule has 0 bridgehead atoms. The number of carbonyl (C=O) groups excluding carboxylic acids is 2. The molecule has 0 saturated carbocycles. The molecule has 7 nitrogen and oxygen atoms in total. The molecule has 0 aromatic heterocycles. The SMILES string of the molecule is COc1ccc(NC(=O)C[C@@H]2SC(=NN=C3CCCc4ccccc43)NC2=O)cc1. The van der Waals surface area contributed by atoms with Crippen molar-refractivity contribution in [3.05, 3.63) is 59.7 Å². The Kier molecular flexibility index (Phi) is 6.13. The van der Waals surface area contributed by atoms with Crippen LogP contribution in [0, 0.1) is 0 Å². The van der Waals surface area contributed by atoms with Crippen molar-refractivity contribution >= 4 is 40.1 Å². The quantitative estimate of drug-likeness (QED) is 0.723. The second kappa shape index (κ2) is 9.13. The van der Waals surface area contributed by atoms with E-state index >= 15 is 0 Å². The molecule has 30 heavy (non-hydrogen) atoms. The number of hydrogen-bond donors (Lipinski definition) is 2. The number of amides is 2. The Morgan fingerprint density at radius 2 is 1.97 bits per heavy atom. The Labute approximate surface area is 179 Å². The van der Waals surface area contributed by atoms with Crippen molar-refractivity contribution in [3.8, 4) is 5.75 Å². The second-order valence-electron chi connectivity index (χ2n) is 7.04. The van der Waals surface area contributed by atoms with Gasteiger partial charge in [0.25, 0.3) is 0 Å². The molecule has 0 unspecified atom stereocenters. The number of hydrogen-bond acceptors (Lipinski definition) is 6. The Balaban J connectivity index is 1.37. The van der Waals surface area contributed by atoms with E-state index in [-0.39, 0.29) is 18.2 Å². The minimum atomic E-state index is -0.527. The number of aryl methyl sites for hydroxylation is 1. The number of amidine groups is 1. The number of rotatable bonds is 5. The zero-order valence-electron chi connectivity index (χ0n) is 16.6. The first kappa shape index (κ1) is 20.2. The van der Waals surface area contributed by atoms with Crippen molar-refractivity contribution in [2.45, 2.75) is 30.9 Å². The third kappa shape index (κ3) is 4.71. The highest BCUT2D eigenvalue weighted by atomic mass is 32.2. The van der Waals surface area contributed by atoms with Gasteiger partial charge < -0.3 is 15.4 Å². The highest BCUT2D eigenvalue weighted by molar-refractivity contribution is 8.15.